The van der Waals surface area contributed by atoms with E-state index in [2.05, 4.69) is 0 Å². The highest BCUT2D eigenvalue weighted by Gasteiger charge is 2.11. The summed E-state index contributed by atoms with van der Waals surface area (Å²) in [7, 11) is 0. The van der Waals surface area contributed by atoms with Crippen molar-refractivity contribution in [2.75, 3.05) is 0 Å². The lowest BCUT2D eigenvalue weighted by Crippen LogP contribution is -2.30. The lowest BCUT2D eigenvalue weighted by molar-refractivity contribution is 0.0953. The second-order valence-electron chi connectivity index (χ2n) is 4.14. The van der Waals surface area contributed by atoms with Gasteiger partial charge in [-0.3, -0.25) is 10.2 Å². The minimum Gasteiger partial charge on any atom is -0.486 e. The van der Waals surface area contributed by atoms with Gasteiger partial charge in [-0.2, -0.15) is 0 Å². The molecule has 0 aliphatic carbocycles. The molecule has 1 amide bonds. The second kappa shape index (κ2) is 6.27. The van der Waals surface area contributed by atoms with Gasteiger partial charge >= 0.3 is 0 Å². The summed E-state index contributed by atoms with van der Waals surface area (Å²) >= 11 is 0. The summed E-state index contributed by atoms with van der Waals surface area (Å²) < 4.78 is 45.0. The van der Waals surface area contributed by atoms with Crippen LogP contribution in [-0.2, 0) is 6.61 Å². The van der Waals surface area contributed by atoms with E-state index in [1.807, 2.05) is 5.43 Å². The highest BCUT2D eigenvalue weighted by Crippen LogP contribution is 2.20. The normalized spacial score (nSPS) is 10.3. The van der Waals surface area contributed by atoms with Crippen LogP contribution in [0.1, 0.15) is 15.9 Å². The van der Waals surface area contributed by atoms with Gasteiger partial charge in [0.2, 0.25) is 0 Å². The maximum atomic E-state index is 13.6. The van der Waals surface area contributed by atoms with Crippen LogP contribution in [0.2, 0.25) is 0 Å². The summed E-state index contributed by atoms with van der Waals surface area (Å²) in [6, 6.07) is 6.21. The number of hydrazine groups is 1. The van der Waals surface area contributed by atoms with Crippen LogP contribution < -0.4 is 16.0 Å². The third-order valence-corrected chi connectivity index (χ3v) is 2.72. The zero-order chi connectivity index (χ0) is 15.4. The molecule has 0 radical (unpaired) electrons. The molecule has 2 rings (SSSR count). The van der Waals surface area contributed by atoms with Crippen molar-refractivity contribution in [1.29, 1.82) is 0 Å². The quantitative estimate of drug-likeness (QED) is 0.517. The van der Waals surface area contributed by atoms with Crippen LogP contribution >= 0.6 is 0 Å². The number of hydrogen-bond donors (Lipinski definition) is 2. The Kier molecular flexibility index (Phi) is 4.44. The molecule has 0 saturated heterocycles. The number of ether oxygens (including phenoxy) is 1. The molecule has 110 valence electrons. The first-order valence-electron chi connectivity index (χ1n) is 5.88. The van der Waals surface area contributed by atoms with Gasteiger partial charge in [0.25, 0.3) is 5.91 Å². The van der Waals surface area contributed by atoms with Crippen molar-refractivity contribution in [3.05, 3.63) is 65.0 Å². The summed E-state index contributed by atoms with van der Waals surface area (Å²) in [4.78, 5) is 11.3. The Balaban J connectivity index is 2.19. The molecule has 0 saturated carbocycles. The molecule has 0 aliphatic heterocycles. The van der Waals surface area contributed by atoms with Gasteiger partial charge in [-0.15, -0.1) is 0 Å². The Morgan fingerprint density at radius 1 is 1.10 bits per heavy atom. The number of carbonyl (C=O) groups is 1. The van der Waals surface area contributed by atoms with Gasteiger partial charge in [0.05, 0.1) is 0 Å². The van der Waals surface area contributed by atoms with Gasteiger partial charge in [0, 0.05) is 17.2 Å². The maximum Gasteiger partial charge on any atom is 0.265 e. The van der Waals surface area contributed by atoms with Crippen molar-refractivity contribution in [3.63, 3.8) is 0 Å². The number of nitrogens with one attached hydrogen (secondary N) is 1. The number of amides is 1. The molecule has 0 fully saturated rings. The van der Waals surface area contributed by atoms with Crippen LogP contribution in [0.5, 0.6) is 5.75 Å². The smallest absolute Gasteiger partial charge is 0.265 e. The van der Waals surface area contributed by atoms with E-state index < -0.39 is 23.4 Å². The molecular weight excluding hydrogens is 285 g/mol. The molecule has 7 heteroatoms. The van der Waals surface area contributed by atoms with Crippen LogP contribution in [0.25, 0.3) is 0 Å². The van der Waals surface area contributed by atoms with Gasteiger partial charge in [-0.1, -0.05) is 0 Å². The minimum atomic E-state index is -0.771. The van der Waals surface area contributed by atoms with E-state index in [-0.39, 0.29) is 23.5 Å². The summed E-state index contributed by atoms with van der Waals surface area (Å²) in [5.74, 6) is 1.94. The van der Waals surface area contributed by atoms with E-state index in [0.717, 1.165) is 24.3 Å². The van der Waals surface area contributed by atoms with Crippen LogP contribution in [0.15, 0.2) is 36.4 Å². The zero-order valence-electron chi connectivity index (χ0n) is 10.7. The first kappa shape index (κ1) is 14.9. The molecule has 0 spiro atoms. The van der Waals surface area contributed by atoms with Gasteiger partial charge in [0.1, 0.15) is 18.2 Å². The second-order valence-corrected chi connectivity index (χ2v) is 4.14. The predicted molar refractivity (Wildman–Crippen MR) is 68.7 cm³/mol. The number of benzene rings is 2. The fourth-order valence-corrected chi connectivity index (χ4v) is 1.65. The molecular formula is C14H11F3N2O2. The molecule has 0 atom stereocenters. The van der Waals surface area contributed by atoms with E-state index in [4.69, 9.17) is 10.6 Å². The lowest BCUT2D eigenvalue weighted by Gasteiger charge is -2.09. The average Bonchev–Trinajstić information content (AvgIpc) is 2.48. The number of carbonyl (C=O) groups excluding carboxylic acids is 1. The van der Waals surface area contributed by atoms with E-state index in [9.17, 15) is 18.0 Å². The largest absolute Gasteiger partial charge is 0.486 e. The number of nitrogens with two attached hydrogens (primary N) is 1. The first-order chi connectivity index (χ1) is 10.0. The molecule has 0 unspecified atom stereocenters. The predicted octanol–water partition coefficient (Wildman–Crippen LogP) is 2.29. The molecule has 21 heavy (non-hydrogen) atoms. The lowest BCUT2D eigenvalue weighted by atomic mass is 10.1. The zero-order valence-corrected chi connectivity index (χ0v) is 10.7. The molecule has 0 bridgehead atoms. The Morgan fingerprint density at radius 2 is 1.81 bits per heavy atom. The minimum absolute atomic E-state index is 0.0137. The maximum absolute atomic E-state index is 13.6. The Labute approximate surface area is 118 Å². The number of halogens is 3. The average molecular weight is 296 g/mol. The van der Waals surface area contributed by atoms with Gasteiger partial charge in [0.15, 0.2) is 11.6 Å². The van der Waals surface area contributed by atoms with E-state index in [0.29, 0.717) is 0 Å². The summed E-state index contributed by atoms with van der Waals surface area (Å²) in [5.41, 5.74) is 2.04. The molecule has 4 nitrogen and oxygen atoms in total. The third kappa shape index (κ3) is 3.51. The molecule has 2 aromatic carbocycles. The van der Waals surface area contributed by atoms with Crippen LogP contribution in [0.4, 0.5) is 13.2 Å². The highest BCUT2D eigenvalue weighted by atomic mass is 19.1. The van der Waals surface area contributed by atoms with Crippen LogP contribution in [-0.4, -0.2) is 5.91 Å². The van der Waals surface area contributed by atoms with E-state index in [1.54, 1.807) is 0 Å². The highest BCUT2D eigenvalue weighted by molar-refractivity contribution is 5.93. The summed E-state index contributed by atoms with van der Waals surface area (Å²) in [6.07, 6.45) is 0. The van der Waals surface area contributed by atoms with Crippen LogP contribution in [0, 0.1) is 17.5 Å². The number of nitrogen functional groups attached to an aromatic ring is 1. The number of rotatable bonds is 4. The van der Waals surface area contributed by atoms with Crippen molar-refractivity contribution in [1.82, 2.24) is 5.43 Å². The van der Waals surface area contributed by atoms with Gasteiger partial charge < -0.3 is 4.74 Å². The Hall–Kier alpha value is -2.54. The third-order valence-electron chi connectivity index (χ3n) is 2.72. The van der Waals surface area contributed by atoms with Crippen molar-refractivity contribution in [3.8, 4) is 5.75 Å². The van der Waals surface area contributed by atoms with Crippen LogP contribution in [0.3, 0.4) is 0 Å². The summed E-state index contributed by atoms with van der Waals surface area (Å²) in [5, 5.41) is 0. The molecule has 3 N–H and O–H groups in total. The van der Waals surface area contributed by atoms with Crippen molar-refractivity contribution in [2.45, 2.75) is 6.61 Å². The van der Waals surface area contributed by atoms with Crippen molar-refractivity contribution < 1.29 is 22.7 Å². The Bertz CT molecular complexity index is 677. The number of hydrogen-bond acceptors (Lipinski definition) is 3. The van der Waals surface area contributed by atoms with Gasteiger partial charge in [-0.25, -0.2) is 19.0 Å². The fourth-order valence-electron chi connectivity index (χ4n) is 1.65. The molecule has 0 aromatic heterocycles. The van der Waals surface area contributed by atoms with Crippen molar-refractivity contribution in [2.24, 2.45) is 5.84 Å². The molecule has 0 aliphatic rings. The SMILES string of the molecule is NNC(=O)c1ccc(F)c(COc2cc(F)ccc2F)c1. The van der Waals surface area contributed by atoms with Crippen molar-refractivity contribution >= 4 is 5.91 Å². The molecule has 2 aromatic rings. The van der Waals surface area contributed by atoms with Gasteiger partial charge in [-0.05, 0) is 30.3 Å². The Morgan fingerprint density at radius 3 is 2.52 bits per heavy atom. The molecule has 0 heterocycles. The monoisotopic (exact) mass is 296 g/mol. The topological polar surface area (TPSA) is 64.3 Å². The standard InChI is InChI=1S/C14H11F3N2O2/c15-10-2-4-12(17)13(6-10)21-7-9-5-8(14(20)19-18)1-3-11(9)16/h1-6H,7,18H2,(H,19,20). The fraction of sp³-hybridized carbons (Fsp3) is 0.0714. The van der Waals surface area contributed by atoms with E-state index >= 15 is 0 Å². The van der Waals surface area contributed by atoms with E-state index in [1.165, 1.54) is 12.1 Å². The summed E-state index contributed by atoms with van der Waals surface area (Å²) in [6.45, 7) is -0.363. The first-order valence-corrected chi connectivity index (χ1v) is 5.88.